The Morgan fingerprint density at radius 2 is 1.70 bits per heavy atom. The molecule has 2 amide bonds. The van der Waals surface area contributed by atoms with E-state index in [1.165, 1.54) is 18.2 Å². The molecule has 0 saturated heterocycles. The van der Waals surface area contributed by atoms with E-state index in [2.05, 4.69) is 45.3 Å². The number of carbonyl (C=O) groups is 2. The number of phenolic OH excluding ortho intramolecular Hbond substituents is 2. The van der Waals surface area contributed by atoms with Crippen LogP contribution < -0.4 is 10.6 Å². The predicted octanol–water partition coefficient (Wildman–Crippen LogP) is 4.70. The van der Waals surface area contributed by atoms with Gasteiger partial charge < -0.3 is 20.8 Å². The molecule has 2 rings (SSSR count). The van der Waals surface area contributed by atoms with E-state index in [4.69, 9.17) is 0 Å². The lowest BCUT2D eigenvalue weighted by molar-refractivity contribution is -0.0537. The van der Waals surface area contributed by atoms with Gasteiger partial charge in [-0.2, -0.15) is 0 Å². The monoisotopic (exact) mass is 418 g/mol. The molecule has 1 aromatic carbocycles. The van der Waals surface area contributed by atoms with Crippen molar-refractivity contribution in [2.75, 3.05) is 6.54 Å². The zero-order valence-electron chi connectivity index (χ0n) is 19.4. The van der Waals surface area contributed by atoms with Crippen LogP contribution in [0.25, 0.3) is 0 Å². The highest BCUT2D eigenvalue weighted by molar-refractivity contribution is 5.99. The highest BCUT2D eigenvalue weighted by Gasteiger charge is 2.55. The first-order valence-corrected chi connectivity index (χ1v) is 11.0. The number of urea groups is 1. The first kappa shape index (κ1) is 24.0. The summed E-state index contributed by atoms with van der Waals surface area (Å²) in [5, 5.41) is 25.7. The maximum atomic E-state index is 13.8. The zero-order valence-corrected chi connectivity index (χ0v) is 19.4. The van der Waals surface area contributed by atoms with E-state index < -0.39 is 0 Å². The Balaban J connectivity index is 2.55. The van der Waals surface area contributed by atoms with E-state index >= 15 is 0 Å². The molecular formula is C24H38N2O4. The molecule has 0 aromatic heterocycles. The number of amides is 2. The minimum Gasteiger partial charge on any atom is -0.508 e. The molecule has 1 fully saturated rings. The van der Waals surface area contributed by atoms with Crippen molar-refractivity contribution in [2.24, 2.45) is 28.6 Å². The Labute approximate surface area is 180 Å². The van der Waals surface area contributed by atoms with Gasteiger partial charge in [0.2, 0.25) is 0 Å². The Hall–Kier alpha value is -2.24. The molecule has 168 valence electrons. The Kier molecular flexibility index (Phi) is 7.10. The molecule has 0 spiro atoms. The molecule has 0 bridgehead atoms. The molecule has 30 heavy (non-hydrogen) atoms. The molecule has 4 N–H and O–H groups in total. The SMILES string of the molecule is CCNC(=O)NC1CC(C(C)(C)C)C(C)(CC)C(C(=O)c2cc(O)cc(O)c2)C1C. The molecule has 1 aliphatic rings. The summed E-state index contributed by atoms with van der Waals surface area (Å²) in [6.07, 6.45) is 1.61. The maximum Gasteiger partial charge on any atom is 0.315 e. The van der Waals surface area contributed by atoms with Gasteiger partial charge in [0.1, 0.15) is 11.5 Å². The van der Waals surface area contributed by atoms with Gasteiger partial charge in [0.25, 0.3) is 0 Å². The second kappa shape index (κ2) is 8.86. The number of nitrogens with one attached hydrogen (secondary N) is 2. The van der Waals surface area contributed by atoms with Gasteiger partial charge in [-0.1, -0.05) is 41.5 Å². The fourth-order valence-corrected chi connectivity index (χ4v) is 5.62. The number of hydrogen-bond donors (Lipinski definition) is 4. The van der Waals surface area contributed by atoms with Gasteiger partial charge >= 0.3 is 6.03 Å². The summed E-state index contributed by atoms with van der Waals surface area (Å²) in [7, 11) is 0. The van der Waals surface area contributed by atoms with E-state index in [9.17, 15) is 19.8 Å². The van der Waals surface area contributed by atoms with E-state index in [0.717, 1.165) is 12.8 Å². The summed E-state index contributed by atoms with van der Waals surface area (Å²) >= 11 is 0. The Morgan fingerprint density at radius 3 is 2.17 bits per heavy atom. The average molecular weight is 419 g/mol. The second-order valence-electron chi connectivity index (χ2n) is 10.1. The van der Waals surface area contributed by atoms with Crippen LogP contribution in [0.5, 0.6) is 11.5 Å². The summed E-state index contributed by atoms with van der Waals surface area (Å²) in [6, 6.07) is 3.68. The quantitative estimate of drug-likeness (QED) is 0.521. The fraction of sp³-hybridized carbons (Fsp3) is 0.667. The number of rotatable bonds is 5. The van der Waals surface area contributed by atoms with Crippen molar-refractivity contribution in [2.45, 2.75) is 67.3 Å². The molecule has 1 aromatic rings. The Morgan fingerprint density at radius 1 is 1.13 bits per heavy atom. The fourth-order valence-electron chi connectivity index (χ4n) is 5.62. The maximum absolute atomic E-state index is 13.8. The summed E-state index contributed by atoms with van der Waals surface area (Å²) in [5.74, 6) is -0.650. The van der Waals surface area contributed by atoms with Gasteiger partial charge in [-0.05, 0) is 54.6 Å². The van der Waals surface area contributed by atoms with Crippen molar-refractivity contribution in [3.05, 3.63) is 23.8 Å². The number of aromatic hydroxyl groups is 2. The summed E-state index contributed by atoms with van der Waals surface area (Å²) in [5.41, 5.74) is -0.0591. The molecule has 6 nitrogen and oxygen atoms in total. The molecule has 0 aliphatic heterocycles. The Bertz CT molecular complexity index is 766. The summed E-state index contributed by atoms with van der Waals surface area (Å²) in [4.78, 5) is 26.1. The molecule has 1 saturated carbocycles. The predicted molar refractivity (Wildman–Crippen MR) is 119 cm³/mol. The molecule has 1 aliphatic carbocycles. The van der Waals surface area contributed by atoms with Crippen molar-refractivity contribution in [3.8, 4) is 11.5 Å². The van der Waals surface area contributed by atoms with Crippen LogP contribution in [0.1, 0.15) is 71.7 Å². The largest absolute Gasteiger partial charge is 0.508 e. The second-order valence-corrected chi connectivity index (χ2v) is 10.1. The first-order chi connectivity index (χ1) is 13.8. The molecule has 0 heterocycles. The number of carbonyl (C=O) groups excluding carboxylic acids is 2. The number of Topliss-reactive ketones (excluding diaryl/α,β-unsaturated/α-hetero) is 1. The third-order valence-corrected chi connectivity index (χ3v) is 7.09. The number of benzene rings is 1. The zero-order chi connectivity index (χ0) is 22.9. The smallest absolute Gasteiger partial charge is 0.315 e. The van der Waals surface area contributed by atoms with Crippen LogP contribution in [0.15, 0.2) is 18.2 Å². The lowest BCUT2D eigenvalue weighted by Crippen LogP contribution is -2.59. The minimum atomic E-state index is -0.367. The number of hydrogen-bond acceptors (Lipinski definition) is 4. The van der Waals surface area contributed by atoms with Crippen LogP contribution in [0.2, 0.25) is 0 Å². The van der Waals surface area contributed by atoms with Gasteiger partial charge in [0.15, 0.2) is 5.78 Å². The standard InChI is InChI=1S/C24H38N2O4/c1-8-24(7)19(23(4,5)6)13-18(26-22(30)25-9-2)14(3)20(24)21(29)15-10-16(27)12-17(28)11-15/h10-12,14,18-20,27-28H,8-9,13H2,1-7H3,(H2,25,26,30). The molecule has 5 atom stereocenters. The van der Waals surface area contributed by atoms with E-state index in [1.54, 1.807) is 0 Å². The molecular weight excluding hydrogens is 380 g/mol. The van der Waals surface area contributed by atoms with Gasteiger partial charge in [0.05, 0.1) is 0 Å². The van der Waals surface area contributed by atoms with Crippen LogP contribution >= 0.6 is 0 Å². The van der Waals surface area contributed by atoms with Crippen molar-refractivity contribution in [1.82, 2.24) is 10.6 Å². The lowest BCUT2D eigenvalue weighted by Gasteiger charge is -2.56. The van der Waals surface area contributed by atoms with Crippen molar-refractivity contribution < 1.29 is 19.8 Å². The summed E-state index contributed by atoms with van der Waals surface area (Å²) in [6.45, 7) is 15.3. The normalized spacial score (nSPS) is 29.3. The van der Waals surface area contributed by atoms with E-state index in [1.807, 2.05) is 13.8 Å². The summed E-state index contributed by atoms with van der Waals surface area (Å²) < 4.78 is 0. The number of ketones is 1. The molecule has 5 unspecified atom stereocenters. The lowest BCUT2D eigenvalue weighted by atomic mass is 9.48. The van der Waals surface area contributed by atoms with Gasteiger partial charge in [0, 0.05) is 30.1 Å². The number of phenols is 2. The molecule has 6 heteroatoms. The van der Waals surface area contributed by atoms with Crippen LogP contribution in [0.3, 0.4) is 0 Å². The van der Waals surface area contributed by atoms with Gasteiger partial charge in [-0.3, -0.25) is 4.79 Å². The first-order valence-electron chi connectivity index (χ1n) is 11.0. The third kappa shape index (κ3) is 4.73. The van der Waals surface area contributed by atoms with Gasteiger partial charge in [-0.15, -0.1) is 0 Å². The van der Waals surface area contributed by atoms with Crippen LogP contribution in [-0.4, -0.2) is 34.6 Å². The van der Waals surface area contributed by atoms with E-state index in [-0.39, 0.29) is 57.9 Å². The average Bonchev–Trinajstić information content (AvgIpc) is 2.62. The van der Waals surface area contributed by atoms with Crippen molar-refractivity contribution >= 4 is 11.8 Å². The van der Waals surface area contributed by atoms with Crippen molar-refractivity contribution in [1.29, 1.82) is 0 Å². The third-order valence-electron chi connectivity index (χ3n) is 7.09. The van der Waals surface area contributed by atoms with Crippen LogP contribution in [-0.2, 0) is 0 Å². The van der Waals surface area contributed by atoms with Crippen molar-refractivity contribution in [3.63, 3.8) is 0 Å². The highest BCUT2D eigenvalue weighted by Crippen LogP contribution is 2.57. The van der Waals surface area contributed by atoms with Crippen LogP contribution in [0.4, 0.5) is 4.79 Å². The minimum absolute atomic E-state index is 0.0639. The molecule has 0 radical (unpaired) electrons. The topological polar surface area (TPSA) is 98.7 Å². The van der Waals surface area contributed by atoms with Gasteiger partial charge in [-0.25, -0.2) is 4.79 Å². The van der Waals surface area contributed by atoms with Crippen LogP contribution in [0, 0.1) is 28.6 Å². The van der Waals surface area contributed by atoms with E-state index in [0.29, 0.717) is 12.1 Å². The highest BCUT2D eigenvalue weighted by atomic mass is 16.3.